The number of nitrogens with one attached hydrogen (secondary N) is 1. The number of carbonyl (C=O) groups is 3. The van der Waals surface area contributed by atoms with Crippen LogP contribution < -0.4 is 5.32 Å². The molecule has 2 aromatic rings. The summed E-state index contributed by atoms with van der Waals surface area (Å²) in [5.74, 6) is -1.53. The normalized spacial score (nSPS) is 14.0. The molecule has 0 bridgehead atoms. The number of rotatable bonds is 10. The van der Waals surface area contributed by atoms with Crippen LogP contribution in [-0.2, 0) is 14.3 Å². The third kappa shape index (κ3) is 6.12. The highest BCUT2D eigenvalue weighted by Gasteiger charge is 2.29. The van der Waals surface area contributed by atoms with E-state index in [4.69, 9.17) is 9.84 Å². The van der Waals surface area contributed by atoms with Crippen molar-refractivity contribution in [2.24, 2.45) is 11.8 Å². The minimum Gasteiger partial charge on any atom is -0.481 e. The molecule has 1 aliphatic rings. The first-order chi connectivity index (χ1) is 15.8. The maximum absolute atomic E-state index is 12.3. The van der Waals surface area contributed by atoms with Crippen LogP contribution in [0.3, 0.4) is 0 Å². The van der Waals surface area contributed by atoms with Crippen LogP contribution in [0.25, 0.3) is 11.1 Å². The van der Waals surface area contributed by atoms with Gasteiger partial charge in [0.05, 0.1) is 5.92 Å². The summed E-state index contributed by atoms with van der Waals surface area (Å²) in [7, 11) is 1.61. The zero-order valence-electron chi connectivity index (χ0n) is 19.4. The van der Waals surface area contributed by atoms with Gasteiger partial charge < -0.3 is 20.1 Å². The van der Waals surface area contributed by atoms with Crippen LogP contribution in [0, 0.1) is 11.8 Å². The van der Waals surface area contributed by atoms with Crippen molar-refractivity contribution in [3.8, 4) is 11.1 Å². The molecule has 0 spiro atoms. The van der Waals surface area contributed by atoms with Gasteiger partial charge in [0.1, 0.15) is 6.61 Å². The van der Waals surface area contributed by atoms with Crippen LogP contribution in [0.2, 0.25) is 0 Å². The smallest absolute Gasteiger partial charge is 0.407 e. The number of alkyl carbamates (subject to hydrolysis) is 1. The molecule has 0 saturated carbocycles. The van der Waals surface area contributed by atoms with Crippen molar-refractivity contribution >= 4 is 18.0 Å². The average Bonchev–Trinajstić information content (AvgIpc) is 3.13. The highest BCUT2D eigenvalue weighted by atomic mass is 16.5. The maximum atomic E-state index is 12.3. The van der Waals surface area contributed by atoms with E-state index in [0.29, 0.717) is 19.4 Å². The Morgan fingerprint density at radius 1 is 1.03 bits per heavy atom. The van der Waals surface area contributed by atoms with Crippen LogP contribution in [0.1, 0.15) is 43.7 Å². The molecule has 176 valence electrons. The first kappa shape index (κ1) is 24.3. The summed E-state index contributed by atoms with van der Waals surface area (Å²) in [6, 6.07) is 16.4. The molecule has 2 atom stereocenters. The predicted octanol–water partition coefficient (Wildman–Crippen LogP) is 4.12. The number of benzene rings is 2. The van der Waals surface area contributed by atoms with Gasteiger partial charge in [0.25, 0.3) is 0 Å². The van der Waals surface area contributed by atoms with E-state index in [1.54, 1.807) is 14.0 Å². The standard InChI is InChI=1S/C26H32N2O5/c1-17(12-13-24(29)28(3)15-18(2)25(30)31)14-27-26(32)33-16-23-21-10-6-4-8-19(21)20-9-5-7-11-22(20)23/h4-11,17-18,23H,12-16H2,1-3H3,(H,27,32)(H,30,31). The summed E-state index contributed by atoms with van der Waals surface area (Å²) in [6.45, 7) is 4.38. The van der Waals surface area contributed by atoms with Crippen molar-refractivity contribution < 1.29 is 24.2 Å². The number of nitrogens with zero attached hydrogens (tertiary/aromatic N) is 1. The van der Waals surface area contributed by atoms with Crippen molar-refractivity contribution in [2.75, 3.05) is 26.7 Å². The van der Waals surface area contributed by atoms with E-state index in [1.807, 2.05) is 31.2 Å². The molecule has 0 heterocycles. The lowest BCUT2D eigenvalue weighted by Gasteiger charge is -2.20. The fourth-order valence-corrected chi connectivity index (χ4v) is 4.16. The number of ether oxygens (including phenoxy) is 1. The van der Waals surface area contributed by atoms with Gasteiger partial charge in [-0.3, -0.25) is 9.59 Å². The molecule has 0 fully saturated rings. The number of carboxylic acid groups (broad SMARTS) is 1. The molecular formula is C26H32N2O5. The molecule has 0 saturated heterocycles. The van der Waals surface area contributed by atoms with Gasteiger partial charge in [0.15, 0.2) is 0 Å². The molecule has 2 N–H and O–H groups in total. The lowest BCUT2D eigenvalue weighted by atomic mass is 9.98. The number of hydrogen-bond acceptors (Lipinski definition) is 4. The molecule has 0 aromatic heterocycles. The first-order valence-corrected chi connectivity index (χ1v) is 11.3. The molecule has 2 aromatic carbocycles. The topological polar surface area (TPSA) is 95.9 Å². The maximum Gasteiger partial charge on any atom is 0.407 e. The van der Waals surface area contributed by atoms with Crippen molar-refractivity contribution in [2.45, 2.75) is 32.6 Å². The van der Waals surface area contributed by atoms with Crippen molar-refractivity contribution in [1.29, 1.82) is 0 Å². The summed E-state index contributed by atoms with van der Waals surface area (Å²) < 4.78 is 5.54. The lowest BCUT2D eigenvalue weighted by Crippen LogP contribution is -2.34. The fourth-order valence-electron chi connectivity index (χ4n) is 4.16. The molecule has 7 nitrogen and oxygen atoms in total. The summed E-state index contributed by atoms with van der Waals surface area (Å²) in [5, 5.41) is 11.8. The Morgan fingerprint density at radius 3 is 2.18 bits per heavy atom. The molecule has 0 radical (unpaired) electrons. The van der Waals surface area contributed by atoms with Gasteiger partial charge in [-0.15, -0.1) is 0 Å². The van der Waals surface area contributed by atoms with E-state index in [1.165, 1.54) is 27.2 Å². The molecule has 3 rings (SSSR count). The van der Waals surface area contributed by atoms with E-state index < -0.39 is 18.0 Å². The fraction of sp³-hybridized carbons (Fsp3) is 0.423. The molecular weight excluding hydrogens is 420 g/mol. The van der Waals surface area contributed by atoms with Gasteiger partial charge >= 0.3 is 12.1 Å². The zero-order chi connectivity index (χ0) is 24.0. The Bertz CT molecular complexity index is 960. The quantitative estimate of drug-likeness (QED) is 0.565. The van der Waals surface area contributed by atoms with Gasteiger partial charge in [0.2, 0.25) is 5.91 Å². The first-order valence-electron chi connectivity index (χ1n) is 11.3. The molecule has 7 heteroatoms. The molecule has 1 aliphatic carbocycles. The summed E-state index contributed by atoms with van der Waals surface area (Å²) in [5.41, 5.74) is 4.70. The Hall–Kier alpha value is -3.35. The van der Waals surface area contributed by atoms with Crippen LogP contribution in [-0.4, -0.2) is 54.7 Å². The number of carbonyl (C=O) groups excluding carboxylic acids is 2. The Labute approximate surface area is 194 Å². The monoisotopic (exact) mass is 452 g/mol. The third-order valence-corrected chi connectivity index (χ3v) is 6.18. The minimum absolute atomic E-state index is 0.0157. The predicted molar refractivity (Wildman–Crippen MR) is 126 cm³/mol. The number of amides is 2. The van der Waals surface area contributed by atoms with Crippen LogP contribution >= 0.6 is 0 Å². The number of carboxylic acids is 1. The molecule has 33 heavy (non-hydrogen) atoms. The molecule has 0 aliphatic heterocycles. The van der Waals surface area contributed by atoms with Crippen LogP contribution in [0.15, 0.2) is 48.5 Å². The minimum atomic E-state index is -0.921. The average molecular weight is 453 g/mol. The second-order valence-electron chi connectivity index (χ2n) is 8.86. The van der Waals surface area contributed by atoms with E-state index >= 15 is 0 Å². The van der Waals surface area contributed by atoms with E-state index in [0.717, 1.165) is 0 Å². The Balaban J connectivity index is 1.42. The Morgan fingerprint density at radius 2 is 1.61 bits per heavy atom. The summed E-state index contributed by atoms with van der Waals surface area (Å²) in [4.78, 5) is 36.9. The van der Waals surface area contributed by atoms with Crippen LogP contribution in [0.5, 0.6) is 0 Å². The van der Waals surface area contributed by atoms with Gasteiger partial charge in [-0.05, 0) is 34.6 Å². The number of hydrogen-bond donors (Lipinski definition) is 2. The number of aliphatic carboxylic acids is 1. The van der Waals surface area contributed by atoms with Crippen molar-refractivity contribution in [3.63, 3.8) is 0 Å². The highest BCUT2D eigenvalue weighted by Crippen LogP contribution is 2.44. The van der Waals surface area contributed by atoms with Gasteiger partial charge in [-0.2, -0.15) is 0 Å². The van der Waals surface area contributed by atoms with Gasteiger partial charge in [0, 0.05) is 32.5 Å². The summed E-state index contributed by atoms with van der Waals surface area (Å²) in [6.07, 6.45) is 0.424. The van der Waals surface area contributed by atoms with Gasteiger partial charge in [-0.1, -0.05) is 62.4 Å². The zero-order valence-corrected chi connectivity index (χ0v) is 19.4. The van der Waals surface area contributed by atoms with E-state index in [9.17, 15) is 14.4 Å². The molecule has 2 amide bonds. The van der Waals surface area contributed by atoms with Crippen molar-refractivity contribution in [3.05, 3.63) is 59.7 Å². The van der Waals surface area contributed by atoms with Crippen molar-refractivity contribution in [1.82, 2.24) is 10.2 Å². The Kier molecular flexibility index (Phi) is 8.09. The largest absolute Gasteiger partial charge is 0.481 e. The third-order valence-electron chi connectivity index (χ3n) is 6.18. The second kappa shape index (κ2) is 11.0. The lowest BCUT2D eigenvalue weighted by molar-refractivity contribution is -0.142. The molecule has 2 unspecified atom stereocenters. The van der Waals surface area contributed by atoms with Gasteiger partial charge in [-0.25, -0.2) is 4.79 Å². The van der Waals surface area contributed by atoms with E-state index in [2.05, 4.69) is 29.6 Å². The van der Waals surface area contributed by atoms with E-state index in [-0.39, 0.29) is 30.9 Å². The SMILES string of the molecule is CC(CCC(=O)N(C)CC(C)C(=O)O)CNC(=O)OCC1c2ccccc2-c2ccccc21. The number of fused-ring (bicyclic) bond motifs is 3. The van der Waals surface area contributed by atoms with Crippen LogP contribution in [0.4, 0.5) is 4.79 Å². The summed E-state index contributed by atoms with van der Waals surface area (Å²) >= 11 is 0. The second-order valence-corrected chi connectivity index (χ2v) is 8.86. The highest BCUT2D eigenvalue weighted by molar-refractivity contribution is 5.79.